The molecule has 7 nitrogen and oxygen atoms in total. The van der Waals surface area contributed by atoms with Gasteiger partial charge in [-0.05, 0) is 59.8 Å². The average molecular weight is 491 g/mol. The van der Waals surface area contributed by atoms with Crippen LogP contribution in [-0.4, -0.2) is 44.5 Å². The number of aliphatic hydroxyl groups excluding tert-OH is 1. The third-order valence-corrected chi connectivity index (χ3v) is 7.74. The Balaban J connectivity index is 1.96. The van der Waals surface area contributed by atoms with Crippen molar-refractivity contribution in [2.75, 3.05) is 37.5 Å². The summed E-state index contributed by atoms with van der Waals surface area (Å²) in [4.78, 5) is 19.4. The van der Waals surface area contributed by atoms with Crippen molar-refractivity contribution >= 4 is 29.2 Å². The van der Waals surface area contributed by atoms with Gasteiger partial charge in [-0.25, -0.2) is 0 Å². The van der Waals surface area contributed by atoms with Crippen LogP contribution in [0.2, 0.25) is 0 Å². The van der Waals surface area contributed by atoms with Crippen LogP contribution in [0.3, 0.4) is 0 Å². The standard InChI is InChI=1S/C29H38N4O3/c1-6-17(3)20-12-22-23(32-16-20)13-19(14-25(22)36-5)21-15-24(33(4)10-11-34)27(29(30)35)28-26(21)18(7-2)8-9-31-28/h8-9,13-18,20,31,34H,6-7,10-12H2,1-5H3,(H2,30,35). The number of amides is 1. The highest BCUT2D eigenvalue weighted by Gasteiger charge is 2.30. The van der Waals surface area contributed by atoms with Crippen LogP contribution < -0.4 is 20.7 Å². The van der Waals surface area contributed by atoms with Gasteiger partial charge in [-0.1, -0.05) is 33.3 Å². The minimum atomic E-state index is -0.501. The highest BCUT2D eigenvalue weighted by atomic mass is 16.5. The maximum atomic E-state index is 12.7. The quantitative estimate of drug-likeness (QED) is 0.446. The second-order valence-corrected chi connectivity index (χ2v) is 9.84. The summed E-state index contributed by atoms with van der Waals surface area (Å²) in [6.45, 7) is 6.96. The summed E-state index contributed by atoms with van der Waals surface area (Å²) in [5, 5.41) is 12.9. The van der Waals surface area contributed by atoms with Gasteiger partial charge in [0.15, 0.2) is 0 Å². The zero-order chi connectivity index (χ0) is 26.0. The lowest BCUT2D eigenvalue weighted by Gasteiger charge is -2.31. The van der Waals surface area contributed by atoms with E-state index < -0.39 is 5.91 Å². The van der Waals surface area contributed by atoms with Gasteiger partial charge < -0.3 is 25.8 Å². The number of methoxy groups -OCH3 is 1. The molecule has 7 heteroatoms. The first-order valence-electron chi connectivity index (χ1n) is 12.9. The number of nitrogens with two attached hydrogens (primary N) is 1. The normalized spacial score (nSPS) is 18.7. The molecule has 4 rings (SSSR count). The summed E-state index contributed by atoms with van der Waals surface area (Å²) in [6.07, 6.45) is 8.98. The van der Waals surface area contributed by atoms with Gasteiger partial charge >= 0.3 is 0 Å². The van der Waals surface area contributed by atoms with E-state index >= 15 is 0 Å². The Labute approximate surface area is 214 Å². The number of nitrogens with one attached hydrogen (secondary N) is 1. The van der Waals surface area contributed by atoms with E-state index in [0.29, 0.717) is 29.6 Å². The predicted octanol–water partition coefficient (Wildman–Crippen LogP) is 5.24. The molecule has 2 aromatic carbocycles. The summed E-state index contributed by atoms with van der Waals surface area (Å²) in [5.41, 5.74) is 12.8. The van der Waals surface area contributed by atoms with Crippen molar-refractivity contribution in [2.45, 2.75) is 46.0 Å². The molecule has 2 aromatic rings. The fourth-order valence-corrected chi connectivity index (χ4v) is 5.37. The highest BCUT2D eigenvalue weighted by molar-refractivity contribution is 6.07. The van der Waals surface area contributed by atoms with E-state index in [9.17, 15) is 9.90 Å². The van der Waals surface area contributed by atoms with Gasteiger partial charge in [0.05, 0.1) is 36.3 Å². The zero-order valence-electron chi connectivity index (χ0n) is 22.0. The van der Waals surface area contributed by atoms with Crippen molar-refractivity contribution in [2.24, 2.45) is 22.6 Å². The number of anilines is 2. The van der Waals surface area contributed by atoms with Crippen molar-refractivity contribution in [1.82, 2.24) is 0 Å². The number of hydrogen-bond acceptors (Lipinski definition) is 6. The Hall–Kier alpha value is -3.32. The number of ether oxygens (including phenoxy) is 1. The number of primary amides is 1. The smallest absolute Gasteiger partial charge is 0.252 e. The van der Waals surface area contributed by atoms with E-state index in [4.69, 9.17) is 15.5 Å². The fourth-order valence-electron chi connectivity index (χ4n) is 5.37. The first-order chi connectivity index (χ1) is 17.3. The first kappa shape index (κ1) is 25.8. The molecular weight excluding hydrogens is 452 g/mol. The third kappa shape index (κ3) is 4.60. The van der Waals surface area contributed by atoms with E-state index in [0.717, 1.165) is 58.6 Å². The highest BCUT2D eigenvalue weighted by Crippen LogP contribution is 2.48. The molecule has 2 heterocycles. The summed E-state index contributed by atoms with van der Waals surface area (Å²) in [6, 6.07) is 6.24. The Morgan fingerprint density at radius 1 is 1.33 bits per heavy atom. The van der Waals surface area contributed by atoms with Crippen LogP contribution in [0, 0.1) is 11.8 Å². The maximum Gasteiger partial charge on any atom is 0.252 e. The molecule has 0 fully saturated rings. The fraction of sp³-hybridized carbons (Fsp3) is 0.448. The van der Waals surface area contributed by atoms with Crippen molar-refractivity contribution < 1.29 is 14.6 Å². The van der Waals surface area contributed by atoms with Crippen LogP contribution in [0.4, 0.5) is 17.1 Å². The molecule has 0 spiro atoms. The Kier molecular flexibility index (Phi) is 7.69. The van der Waals surface area contributed by atoms with E-state index in [2.05, 4.69) is 50.5 Å². The molecule has 2 aliphatic rings. The molecule has 0 aliphatic carbocycles. The van der Waals surface area contributed by atoms with Crippen LogP contribution in [0.1, 0.15) is 61.0 Å². The molecule has 192 valence electrons. The second-order valence-electron chi connectivity index (χ2n) is 9.84. The number of likely N-dealkylation sites (N-methyl/N-ethyl adjacent to an activating group) is 1. The number of aliphatic imine (C=N–C) groups is 1. The topological polar surface area (TPSA) is 100 Å². The maximum absolute atomic E-state index is 12.7. The predicted molar refractivity (Wildman–Crippen MR) is 148 cm³/mol. The molecular formula is C29H38N4O3. The van der Waals surface area contributed by atoms with Crippen molar-refractivity contribution in [3.05, 3.63) is 47.2 Å². The molecule has 3 unspecified atom stereocenters. The summed E-state index contributed by atoms with van der Waals surface area (Å²) < 4.78 is 5.89. The van der Waals surface area contributed by atoms with E-state index in [1.807, 2.05) is 24.2 Å². The van der Waals surface area contributed by atoms with E-state index in [-0.39, 0.29) is 12.5 Å². The summed E-state index contributed by atoms with van der Waals surface area (Å²) in [5.74, 6) is 1.39. The molecule has 4 N–H and O–H groups in total. The summed E-state index contributed by atoms with van der Waals surface area (Å²) >= 11 is 0. The minimum absolute atomic E-state index is 0.0369. The summed E-state index contributed by atoms with van der Waals surface area (Å²) in [7, 11) is 3.57. The number of allylic oxidation sites excluding steroid dienone is 1. The lowest BCUT2D eigenvalue weighted by Crippen LogP contribution is -2.27. The van der Waals surface area contributed by atoms with Crippen LogP contribution in [-0.2, 0) is 6.42 Å². The Morgan fingerprint density at radius 3 is 2.75 bits per heavy atom. The number of rotatable bonds is 9. The second kappa shape index (κ2) is 10.7. The molecule has 0 aromatic heterocycles. The number of aliphatic hydroxyl groups is 1. The zero-order valence-corrected chi connectivity index (χ0v) is 22.0. The molecule has 0 saturated carbocycles. The van der Waals surface area contributed by atoms with Crippen LogP contribution >= 0.6 is 0 Å². The van der Waals surface area contributed by atoms with Gasteiger partial charge in [-0.3, -0.25) is 9.79 Å². The number of nitrogens with zero attached hydrogens (tertiary/aromatic N) is 2. The van der Waals surface area contributed by atoms with E-state index in [1.165, 1.54) is 0 Å². The molecule has 3 atom stereocenters. The third-order valence-electron chi connectivity index (χ3n) is 7.74. The van der Waals surface area contributed by atoms with Crippen molar-refractivity contribution in [3.63, 3.8) is 0 Å². The van der Waals surface area contributed by atoms with E-state index in [1.54, 1.807) is 7.11 Å². The number of carbonyl (C=O) groups is 1. The number of benzene rings is 2. The lowest BCUT2D eigenvalue weighted by molar-refractivity contribution is 0.100. The molecule has 0 saturated heterocycles. The van der Waals surface area contributed by atoms with Crippen LogP contribution in [0.25, 0.3) is 11.1 Å². The van der Waals surface area contributed by atoms with Crippen LogP contribution in [0.15, 0.2) is 35.5 Å². The molecule has 2 aliphatic heterocycles. The monoisotopic (exact) mass is 490 g/mol. The Bertz CT molecular complexity index is 1200. The van der Waals surface area contributed by atoms with Crippen molar-refractivity contribution in [3.8, 4) is 16.9 Å². The van der Waals surface area contributed by atoms with Gasteiger partial charge in [0.1, 0.15) is 5.75 Å². The minimum Gasteiger partial charge on any atom is -0.496 e. The van der Waals surface area contributed by atoms with Gasteiger partial charge in [0.25, 0.3) is 5.91 Å². The van der Waals surface area contributed by atoms with Gasteiger partial charge in [-0.15, -0.1) is 0 Å². The van der Waals surface area contributed by atoms with Gasteiger partial charge in [0, 0.05) is 37.2 Å². The number of hydrogen-bond donors (Lipinski definition) is 3. The molecule has 1 amide bonds. The number of carbonyl (C=O) groups excluding carboxylic acids is 1. The number of fused-ring (bicyclic) bond motifs is 2. The average Bonchev–Trinajstić information content (AvgIpc) is 2.90. The molecule has 36 heavy (non-hydrogen) atoms. The molecule has 0 radical (unpaired) electrons. The Morgan fingerprint density at radius 2 is 2.11 bits per heavy atom. The molecule has 0 bridgehead atoms. The van der Waals surface area contributed by atoms with Gasteiger partial charge in [-0.2, -0.15) is 0 Å². The van der Waals surface area contributed by atoms with Crippen molar-refractivity contribution in [1.29, 1.82) is 0 Å². The SMILES string of the molecule is CCC1C=CNc2c(C(N)=O)c(N(C)CCO)cc(-c3cc4c(c(OC)c3)CC(C(C)CC)C=N4)c21. The van der Waals surface area contributed by atoms with Crippen LogP contribution in [0.5, 0.6) is 5.75 Å². The lowest BCUT2D eigenvalue weighted by atomic mass is 9.81. The largest absolute Gasteiger partial charge is 0.496 e. The first-order valence-corrected chi connectivity index (χ1v) is 12.9. The van der Waals surface area contributed by atoms with Gasteiger partial charge in [0.2, 0.25) is 0 Å².